The summed E-state index contributed by atoms with van der Waals surface area (Å²) in [7, 11) is 2.81. The van der Waals surface area contributed by atoms with Crippen LogP contribution in [-0.2, 0) is 13.2 Å². The lowest BCUT2D eigenvalue weighted by Crippen LogP contribution is -2.01. The molecule has 0 aliphatic rings. The highest BCUT2D eigenvalue weighted by molar-refractivity contribution is 9.10. The zero-order valence-corrected chi connectivity index (χ0v) is 27.0. The first-order valence-corrected chi connectivity index (χ1v) is 13.6. The average Bonchev–Trinajstić information content (AvgIpc) is 2.87. The van der Waals surface area contributed by atoms with Gasteiger partial charge < -0.3 is 29.9 Å². The van der Waals surface area contributed by atoms with Gasteiger partial charge in [-0.2, -0.15) is 0 Å². The Hall–Kier alpha value is -0.850. The Balaban J connectivity index is 0.000000285. The molecule has 0 aliphatic carbocycles. The van der Waals surface area contributed by atoms with Crippen molar-refractivity contribution in [2.75, 3.05) is 14.2 Å². The minimum atomic E-state index is -1.16. The van der Waals surface area contributed by atoms with Gasteiger partial charge in [0, 0.05) is 20.1 Å². The maximum absolute atomic E-state index is 10.7. The van der Waals surface area contributed by atoms with E-state index in [0.717, 1.165) is 0 Å². The number of methoxy groups -OCH3 is 2. The molecule has 0 aromatic heterocycles. The Morgan fingerprint density at radius 3 is 1.63 bits per heavy atom. The number of carboxylic acid groups (broad SMARTS) is 1. The number of benzene rings is 3. The molecule has 0 heterocycles. The first-order valence-electron chi connectivity index (χ1n) is 9.79. The van der Waals surface area contributed by atoms with E-state index >= 15 is 0 Å². The lowest BCUT2D eigenvalue weighted by atomic mass is 10.2. The lowest BCUT2D eigenvalue weighted by Gasteiger charge is -2.11. The number of hydrogen-bond donors (Lipinski definition) is 4. The summed E-state index contributed by atoms with van der Waals surface area (Å²) in [6.45, 7) is -0.551. The van der Waals surface area contributed by atoms with Gasteiger partial charge in [-0.25, -0.2) is 4.79 Å². The van der Waals surface area contributed by atoms with Crippen molar-refractivity contribution in [2.24, 2.45) is 0 Å². The number of aliphatic hydroxyl groups is 2. The molecule has 0 bridgehead atoms. The number of aromatic hydroxyl groups is 1. The zero-order chi connectivity index (χ0) is 29.3. The van der Waals surface area contributed by atoms with Crippen molar-refractivity contribution in [3.63, 3.8) is 0 Å². The molecule has 208 valence electrons. The number of hydrogen-bond acceptors (Lipinski definition) is 6. The van der Waals surface area contributed by atoms with Gasteiger partial charge in [-0.3, -0.25) is 0 Å². The maximum atomic E-state index is 10.7. The second-order valence-electron chi connectivity index (χ2n) is 6.71. The van der Waals surface area contributed by atoms with Crippen molar-refractivity contribution < 1.29 is 34.7 Å². The van der Waals surface area contributed by atoms with E-state index in [-0.39, 0.29) is 55.9 Å². The van der Waals surface area contributed by atoms with Crippen LogP contribution in [0.2, 0.25) is 30.1 Å². The standard InChI is InChI=1S/C8H7BrCl2O2.C8H6Cl2O3.C7H5BrCl2O2/c1-13-8-4(3-12)7(11)5(9)2-6(8)10;1-13-7-5(10)3-2-4(9)6(7)8(11)12;8-4-1-5(9)7(12)3(2-11)6(4)10/h2,12H,3H2,1H3;2-3H,1H3,(H,11,12);1,11-12H,2H2. The molecule has 0 saturated heterocycles. The molecule has 3 aromatic rings. The van der Waals surface area contributed by atoms with Crippen LogP contribution in [-0.4, -0.2) is 40.6 Å². The fraction of sp³-hybridized carbons (Fsp3) is 0.174. The van der Waals surface area contributed by atoms with E-state index in [2.05, 4.69) is 31.9 Å². The smallest absolute Gasteiger partial charge is 0.341 e. The van der Waals surface area contributed by atoms with E-state index in [1.807, 2.05) is 0 Å². The highest BCUT2D eigenvalue weighted by Crippen LogP contribution is 2.40. The monoisotopic (exact) mass is 774 g/mol. The SMILES string of the molecule is COc1c(Cl)cc(Br)c(Cl)c1CO.COc1c(Cl)ccc(Cl)c1C(=O)O.OCc1c(O)c(Cl)cc(Br)c1Cl. The van der Waals surface area contributed by atoms with Crippen molar-refractivity contribution in [1.82, 2.24) is 0 Å². The normalized spacial score (nSPS) is 10.1. The summed E-state index contributed by atoms with van der Waals surface area (Å²) in [6, 6.07) is 5.99. The van der Waals surface area contributed by atoms with Gasteiger partial charge in [-0.1, -0.05) is 69.6 Å². The van der Waals surface area contributed by atoms with Crippen LogP contribution in [0.4, 0.5) is 0 Å². The molecule has 4 N–H and O–H groups in total. The first-order chi connectivity index (χ1) is 17.8. The average molecular weight is 779 g/mol. The Morgan fingerprint density at radius 2 is 1.21 bits per heavy atom. The van der Waals surface area contributed by atoms with Crippen LogP contribution in [0.25, 0.3) is 0 Å². The molecule has 0 atom stereocenters. The zero-order valence-electron chi connectivity index (χ0n) is 19.3. The largest absolute Gasteiger partial charge is 0.506 e. The van der Waals surface area contributed by atoms with E-state index < -0.39 is 5.97 Å². The summed E-state index contributed by atoms with van der Waals surface area (Å²) in [5, 5.41) is 37.6. The fourth-order valence-corrected chi connectivity index (χ4v) is 5.29. The number of aliphatic hydroxyl groups excluding tert-OH is 2. The van der Waals surface area contributed by atoms with Crippen LogP contribution in [0.5, 0.6) is 17.2 Å². The van der Waals surface area contributed by atoms with E-state index in [0.29, 0.717) is 30.3 Å². The molecular weight excluding hydrogens is 761 g/mol. The van der Waals surface area contributed by atoms with E-state index in [1.54, 1.807) is 6.07 Å². The molecule has 38 heavy (non-hydrogen) atoms. The molecule has 0 spiro atoms. The summed E-state index contributed by atoms with van der Waals surface area (Å²) < 4.78 is 11.0. The van der Waals surface area contributed by atoms with Gasteiger partial charge in [-0.05, 0) is 56.1 Å². The van der Waals surface area contributed by atoms with Gasteiger partial charge in [-0.15, -0.1) is 0 Å². The minimum Gasteiger partial charge on any atom is -0.506 e. The van der Waals surface area contributed by atoms with Crippen molar-refractivity contribution in [3.8, 4) is 17.2 Å². The Labute approximate surface area is 265 Å². The summed E-state index contributed by atoms with van der Waals surface area (Å²) >= 11 is 40.8. The maximum Gasteiger partial charge on any atom is 0.341 e. The van der Waals surface area contributed by atoms with E-state index in [4.69, 9.17) is 94.4 Å². The fourth-order valence-electron chi connectivity index (χ4n) is 2.70. The van der Waals surface area contributed by atoms with Gasteiger partial charge in [0.15, 0.2) is 5.75 Å². The third-order valence-corrected chi connectivity index (χ3v) is 8.21. The van der Waals surface area contributed by atoms with Crippen LogP contribution in [0, 0.1) is 0 Å². The molecule has 0 saturated carbocycles. The van der Waals surface area contributed by atoms with Gasteiger partial charge in [0.25, 0.3) is 0 Å². The van der Waals surface area contributed by atoms with Gasteiger partial charge >= 0.3 is 5.97 Å². The minimum absolute atomic E-state index is 0.0849. The number of carbonyl (C=O) groups is 1. The predicted octanol–water partition coefficient (Wildman–Crippen LogP) is 8.91. The second kappa shape index (κ2) is 16.4. The summed E-state index contributed by atoms with van der Waals surface area (Å²) in [6.07, 6.45) is 0. The molecule has 0 aliphatic heterocycles. The Bertz CT molecular complexity index is 1280. The quantitative estimate of drug-likeness (QED) is 0.191. The van der Waals surface area contributed by atoms with Crippen LogP contribution >= 0.6 is 101 Å². The summed E-state index contributed by atoms with van der Waals surface area (Å²) in [5.41, 5.74) is 0.608. The topological polar surface area (TPSA) is 116 Å². The van der Waals surface area contributed by atoms with E-state index in [9.17, 15) is 9.90 Å². The van der Waals surface area contributed by atoms with Crippen LogP contribution in [0.15, 0.2) is 33.2 Å². The van der Waals surface area contributed by atoms with Crippen molar-refractivity contribution in [3.05, 3.63) is 80.0 Å². The number of halogens is 8. The molecule has 0 unspecified atom stereocenters. The van der Waals surface area contributed by atoms with Crippen LogP contribution in [0.1, 0.15) is 21.5 Å². The molecule has 0 fully saturated rings. The summed E-state index contributed by atoms with van der Waals surface area (Å²) in [5.74, 6) is -0.837. The Kier molecular flexibility index (Phi) is 15.2. The molecule has 3 rings (SSSR count). The molecule has 0 amide bonds. The van der Waals surface area contributed by atoms with Crippen LogP contribution < -0.4 is 9.47 Å². The summed E-state index contributed by atoms with van der Waals surface area (Å²) in [4.78, 5) is 10.7. The van der Waals surface area contributed by atoms with Crippen molar-refractivity contribution in [2.45, 2.75) is 13.2 Å². The Morgan fingerprint density at radius 1 is 0.763 bits per heavy atom. The van der Waals surface area contributed by atoms with Crippen molar-refractivity contribution >= 4 is 107 Å². The number of rotatable bonds is 5. The number of carboxylic acids is 1. The third kappa shape index (κ3) is 8.83. The van der Waals surface area contributed by atoms with Gasteiger partial charge in [0.2, 0.25) is 0 Å². The van der Waals surface area contributed by atoms with Crippen LogP contribution in [0.3, 0.4) is 0 Å². The second-order valence-corrected chi connectivity index (χ2v) is 10.8. The third-order valence-electron chi connectivity index (χ3n) is 4.46. The molecule has 15 heteroatoms. The first kappa shape index (κ1) is 35.2. The highest BCUT2D eigenvalue weighted by atomic mass is 79.9. The molecule has 7 nitrogen and oxygen atoms in total. The highest BCUT2D eigenvalue weighted by Gasteiger charge is 2.18. The molecular formula is C23H18Br2Cl6O7. The number of phenols is 1. The predicted molar refractivity (Wildman–Crippen MR) is 158 cm³/mol. The number of aromatic carboxylic acids is 1. The van der Waals surface area contributed by atoms with E-state index in [1.165, 1.54) is 32.4 Å². The van der Waals surface area contributed by atoms with Gasteiger partial charge in [0.05, 0.1) is 57.6 Å². The molecule has 0 radical (unpaired) electrons. The molecule has 3 aromatic carbocycles. The lowest BCUT2D eigenvalue weighted by molar-refractivity contribution is 0.0693. The number of ether oxygens (including phenoxy) is 2. The van der Waals surface area contributed by atoms with Crippen molar-refractivity contribution in [1.29, 1.82) is 0 Å². The van der Waals surface area contributed by atoms with Gasteiger partial charge in [0.1, 0.15) is 17.1 Å².